The molecule has 1 fully saturated rings. The van der Waals surface area contributed by atoms with E-state index < -0.39 is 23.2 Å². The van der Waals surface area contributed by atoms with Gasteiger partial charge in [0.25, 0.3) is 0 Å². The summed E-state index contributed by atoms with van der Waals surface area (Å²) in [5, 5.41) is 8.07. The van der Waals surface area contributed by atoms with Gasteiger partial charge in [0.1, 0.15) is 5.56 Å². The minimum Gasteiger partial charge on any atom is -0.332 e. The number of nitrogens with zero attached hydrogens (tertiary/aromatic N) is 4. The van der Waals surface area contributed by atoms with Crippen molar-refractivity contribution in [3.05, 3.63) is 137 Å². The highest BCUT2D eigenvalue weighted by atomic mass is 19.4. The quantitative estimate of drug-likeness (QED) is 0.222. The third kappa shape index (κ3) is 4.43. The highest BCUT2D eigenvalue weighted by Crippen LogP contribution is 2.44. The average Bonchev–Trinajstić information content (AvgIpc) is 3.64. The number of likely N-dealkylation sites (tertiary alicyclic amines) is 1. The molecule has 3 aromatic carbocycles. The molecular formula is C32H27F3N4O. The Kier molecular flexibility index (Phi) is 6.62. The Morgan fingerprint density at radius 1 is 0.775 bits per heavy atom. The van der Waals surface area contributed by atoms with Crippen molar-refractivity contribution in [3.63, 3.8) is 0 Å². The molecule has 0 radical (unpaired) electrons. The summed E-state index contributed by atoms with van der Waals surface area (Å²) in [4.78, 5) is 16.1. The molecule has 0 saturated carbocycles. The van der Waals surface area contributed by atoms with Crippen molar-refractivity contribution in [2.75, 3.05) is 6.54 Å². The average molecular weight is 541 g/mol. The number of fused-ring (bicyclic) bond motifs is 1. The van der Waals surface area contributed by atoms with Gasteiger partial charge in [-0.3, -0.25) is 9.20 Å². The summed E-state index contributed by atoms with van der Waals surface area (Å²) in [6.45, 7) is 0.492. The molecule has 8 heteroatoms. The topological polar surface area (TPSA) is 50.5 Å². The summed E-state index contributed by atoms with van der Waals surface area (Å²) in [6.07, 6.45) is -1.56. The molecule has 1 aliphatic heterocycles. The van der Waals surface area contributed by atoms with Gasteiger partial charge in [0, 0.05) is 19.2 Å². The normalized spacial score (nSPS) is 16.0. The van der Waals surface area contributed by atoms with Gasteiger partial charge >= 0.3 is 6.18 Å². The summed E-state index contributed by atoms with van der Waals surface area (Å²) in [7, 11) is 0. The van der Waals surface area contributed by atoms with E-state index in [-0.39, 0.29) is 18.0 Å². The molecule has 1 saturated heterocycles. The van der Waals surface area contributed by atoms with E-state index in [0.717, 1.165) is 29.2 Å². The van der Waals surface area contributed by atoms with Crippen molar-refractivity contribution < 1.29 is 18.0 Å². The van der Waals surface area contributed by atoms with Gasteiger partial charge in [0.05, 0.1) is 11.5 Å². The second kappa shape index (κ2) is 10.3. The lowest BCUT2D eigenvalue weighted by Gasteiger charge is -2.37. The highest BCUT2D eigenvalue weighted by Gasteiger charge is 2.43. The number of carbonyl (C=O) groups excluding carboxylic acids is 1. The maximum absolute atomic E-state index is 14.3. The lowest BCUT2D eigenvalue weighted by atomic mass is 9.67. The maximum atomic E-state index is 14.3. The molecule has 202 valence electrons. The Morgan fingerprint density at radius 2 is 1.32 bits per heavy atom. The maximum Gasteiger partial charge on any atom is 0.420 e. The van der Waals surface area contributed by atoms with Crippen LogP contribution < -0.4 is 0 Å². The molecule has 40 heavy (non-hydrogen) atoms. The van der Waals surface area contributed by atoms with Crippen molar-refractivity contribution in [1.82, 2.24) is 19.5 Å². The molecule has 1 atom stereocenters. The van der Waals surface area contributed by atoms with Gasteiger partial charge in [-0.1, -0.05) is 91.0 Å². The van der Waals surface area contributed by atoms with Crippen LogP contribution in [0, 0.1) is 0 Å². The second-order valence-corrected chi connectivity index (χ2v) is 10.1. The number of pyridine rings is 1. The number of amides is 1. The first kappa shape index (κ1) is 25.8. The van der Waals surface area contributed by atoms with E-state index in [2.05, 4.69) is 10.2 Å². The van der Waals surface area contributed by atoms with Crippen molar-refractivity contribution in [2.45, 2.75) is 36.9 Å². The Morgan fingerprint density at radius 3 is 1.85 bits per heavy atom. The van der Waals surface area contributed by atoms with Gasteiger partial charge in [-0.25, -0.2) is 0 Å². The van der Waals surface area contributed by atoms with Crippen molar-refractivity contribution in [2.24, 2.45) is 0 Å². The predicted molar refractivity (Wildman–Crippen MR) is 146 cm³/mol. The lowest BCUT2D eigenvalue weighted by molar-refractivity contribution is -0.137. The SMILES string of the molecule is O=C(CC(c1ccccc1)(c1ccccc1)c1ccccc1)N1CCCC1c1nnc2c(C(F)(F)F)cccn12. The second-order valence-electron chi connectivity index (χ2n) is 10.1. The third-order valence-corrected chi connectivity index (χ3v) is 7.85. The highest BCUT2D eigenvalue weighted by molar-refractivity contribution is 5.81. The number of carbonyl (C=O) groups is 1. The zero-order valence-corrected chi connectivity index (χ0v) is 21.6. The number of hydrogen-bond acceptors (Lipinski definition) is 3. The number of alkyl halides is 3. The largest absolute Gasteiger partial charge is 0.420 e. The zero-order chi connectivity index (χ0) is 27.7. The monoisotopic (exact) mass is 540 g/mol. The van der Waals surface area contributed by atoms with Crippen LogP contribution in [0.5, 0.6) is 0 Å². The summed E-state index contributed by atoms with van der Waals surface area (Å²) in [6, 6.07) is 31.8. The first-order valence-corrected chi connectivity index (χ1v) is 13.3. The molecule has 0 bridgehead atoms. The molecule has 0 N–H and O–H groups in total. The van der Waals surface area contributed by atoms with E-state index in [1.165, 1.54) is 16.7 Å². The summed E-state index contributed by atoms with van der Waals surface area (Å²) in [5.41, 5.74) is 1.08. The van der Waals surface area contributed by atoms with Gasteiger partial charge in [-0.2, -0.15) is 13.2 Å². The zero-order valence-electron chi connectivity index (χ0n) is 21.6. The molecule has 0 aliphatic carbocycles. The first-order valence-electron chi connectivity index (χ1n) is 13.3. The van der Waals surface area contributed by atoms with Crippen LogP contribution in [0.15, 0.2) is 109 Å². The van der Waals surface area contributed by atoms with Crippen LogP contribution in [0.4, 0.5) is 13.2 Å². The molecule has 0 spiro atoms. The van der Waals surface area contributed by atoms with Crippen molar-refractivity contribution >= 4 is 11.6 Å². The molecule has 5 aromatic rings. The fourth-order valence-electron chi connectivity index (χ4n) is 6.02. The van der Waals surface area contributed by atoms with Gasteiger partial charge in [0.2, 0.25) is 5.91 Å². The van der Waals surface area contributed by atoms with E-state index in [9.17, 15) is 18.0 Å². The number of halogens is 3. The molecular weight excluding hydrogens is 513 g/mol. The van der Waals surface area contributed by atoms with Crippen LogP contribution >= 0.6 is 0 Å². The van der Waals surface area contributed by atoms with E-state index in [1.807, 2.05) is 91.0 Å². The van der Waals surface area contributed by atoms with Crippen LogP contribution in [-0.4, -0.2) is 31.9 Å². The van der Waals surface area contributed by atoms with Crippen LogP contribution in [0.2, 0.25) is 0 Å². The van der Waals surface area contributed by atoms with E-state index in [0.29, 0.717) is 18.8 Å². The number of rotatable bonds is 6. The fraction of sp³-hybridized carbons (Fsp3) is 0.219. The van der Waals surface area contributed by atoms with Crippen LogP contribution in [-0.2, 0) is 16.4 Å². The molecule has 6 rings (SSSR count). The van der Waals surface area contributed by atoms with Gasteiger partial charge < -0.3 is 4.90 Å². The minimum absolute atomic E-state index is 0.0946. The Balaban J connectivity index is 1.44. The lowest BCUT2D eigenvalue weighted by Crippen LogP contribution is -2.39. The van der Waals surface area contributed by atoms with Crippen LogP contribution in [0.25, 0.3) is 5.65 Å². The Hall–Kier alpha value is -4.46. The molecule has 1 amide bonds. The molecule has 1 aliphatic rings. The Bertz CT molecular complexity index is 1520. The van der Waals surface area contributed by atoms with Crippen LogP contribution in [0.3, 0.4) is 0 Å². The van der Waals surface area contributed by atoms with Crippen LogP contribution in [0.1, 0.15) is 53.4 Å². The smallest absolute Gasteiger partial charge is 0.332 e. The minimum atomic E-state index is -4.56. The van der Waals surface area contributed by atoms with Crippen molar-refractivity contribution in [3.8, 4) is 0 Å². The summed E-state index contributed by atoms with van der Waals surface area (Å²) < 4.78 is 42.3. The third-order valence-electron chi connectivity index (χ3n) is 7.85. The Labute approximate surface area is 229 Å². The number of benzene rings is 3. The standard InChI is InChI=1S/C32H27F3N4O/c33-32(34,35)26-18-10-21-39-29(26)36-37-30(39)27-19-11-20-38(27)28(40)22-31(23-12-4-1-5-13-23,24-14-6-2-7-15-24)25-16-8-3-9-17-25/h1-10,12-18,21,27H,11,19-20,22H2. The first-order chi connectivity index (χ1) is 19.4. The van der Waals surface area contributed by atoms with Gasteiger partial charge in [-0.15, -0.1) is 10.2 Å². The summed E-state index contributed by atoms with van der Waals surface area (Å²) in [5.74, 6) is 0.250. The van der Waals surface area contributed by atoms with Crippen molar-refractivity contribution in [1.29, 1.82) is 0 Å². The number of aromatic nitrogens is 3. The van der Waals surface area contributed by atoms with E-state index >= 15 is 0 Å². The molecule has 5 nitrogen and oxygen atoms in total. The van der Waals surface area contributed by atoms with Gasteiger partial charge in [-0.05, 0) is 41.7 Å². The predicted octanol–water partition coefficient (Wildman–Crippen LogP) is 6.84. The molecule has 3 heterocycles. The molecule has 1 unspecified atom stereocenters. The fourth-order valence-corrected chi connectivity index (χ4v) is 6.02. The van der Waals surface area contributed by atoms with E-state index in [4.69, 9.17) is 0 Å². The summed E-state index contributed by atoms with van der Waals surface area (Å²) >= 11 is 0. The van der Waals surface area contributed by atoms with E-state index in [1.54, 1.807) is 4.90 Å². The molecule has 2 aromatic heterocycles. The number of hydrogen-bond donors (Lipinski definition) is 0. The van der Waals surface area contributed by atoms with Gasteiger partial charge in [0.15, 0.2) is 11.5 Å².